The zero-order valence-electron chi connectivity index (χ0n) is 10.0. The lowest BCUT2D eigenvalue weighted by molar-refractivity contribution is 0.293. The quantitative estimate of drug-likeness (QED) is 0.711. The van der Waals surface area contributed by atoms with E-state index >= 15 is 0 Å². The summed E-state index contributed by atoms with van der Waals surface area (Å²) in [7, 11) is 0. The second-order valence-corrected chi connectivity index (χ2v) is 5.05. The molecule has 4 nitrogen and oxygen atoms in total. The lowest BCUT2D eigenvalue weighted by Gasteiger charge is -2.27. The molecule has 0 aromatic carbocycles. The van der Waals surface area contributed by atoms with Gasteiger partial charge in [0.15, 0.2) is 0 Å². The van der Waals surface area contributed by atoms with Crippen molar-refractivity contribution < 1.29 is 0 Å². The number of nitrogens with one attached hydrogen (secondary N) is 3. The van der Waals surface area contributed by atoms with Crippen molar-refractivity contribution in [2.24, 2.45) is 5.92 Å². The first-order valence-electron chi connectivity index (χ1n) is 6.55. The van der Waals surface area contributed by atoms with Crippen molar-refractivity contribution in [1.82, 2.24) is 21.2 Å². The first-order chi connectivity index (χ1) is 8.43. The van der Waals surface area contributed by atoms with Gasteiger partial charge in [-0.1, -0.05) is 0 Å². The molecule has 1 aromatic heterocycles. The number of hydrogen-bond donors (Lipinski definition) is 3. The van der Waals surface area contributed by atoms with E-state index in [4.69, 9.17) is 0 Å². The lowest BCUT2D eigenvalue weighted by Crippen LogP contribution is -2.41. The summed E-state index contributed by atoms with van der Waals surface area (Å²) in [6.45, 7) is 2.34. The van der Waals surface area contributed by atoms with Gasteiger partial charge in [0.1, 0.15) is 0 Å². The van der Waals surface area contributed by atoms with E-state index in [0.717, 1.165) is 5.92 Å². The Morgan fingerprint density at radius 2 is 1.82 bits per heavy atom. The van der Waals surface area contributed by atoms with E-state index < -0.39 is 0 Å². The maximum atomic E-state index is 4.07. The fourth-order valence-corrected chi connectivity index (χ4v) is 2.95. The van der Waals surface area contributed by atoms with Gasteiger partial charge >= 0.3 is 0 Å². The third kappa shape index (κ3) is 2.49. The molecule has 3 N–H and O–H groups in total. The third-order valence-corrected chi connectivity index (χ3v) is 3.99. The minimum atomic E-state index is 0.442. The number of hydrazine groups is 1. The molecule has 0 spiro atoms. The Kier molecular flexibility index (Phi) is 3.36. The zero-order valence-corrected chi connectivity index (χ0v) is 10.0. The lowest BCUT2D eigenvalue weighted by atomic mass is 9.87. The summed E-state index contributed by atoms with van der Waals surface area (Å²) in [5.41, 5.74) is 8.24. The highest BCUT2D eigenvalue weighted by atomic mass is 15.4. The van der Waals surface area contributed by atoms with Crippen LogP contribution in [0.3, 0.4) is 0 Å². The molecule has 2 aliphatic heterocycles. The zero-order chi connectivity index (χ0) is 11.5. The van der Waals surface area contributed by atoms with Gasteiger partial charge in [-0.3, -0.25) is 15.8 Å². The van der Waals surface area contributed by atoms with E-state index in [9.17, 15) is 0 Å². The van der Waals surface area contributed by atoms with Crippen LogP contribution in [0.25, 0.3) is 0 Å². The molecule has 0 saturated carbocycles. The van der Waals surface area contributed by atoms with Crippen molar-refractivity contribution in [2.75, 3.05) is 13.1 Å². The van der Waals surface area contributed by atoms with Crippen molar-refractivity contribution in [3.63, 3.8) is 0 Å². The normalized spacial score (nSPS) is 30.6. The van der Waals surface area contributed by atoms with Crippen molar-refractivity contribution in [2.45, 2.75) is 31.3 Å². The maximum absolute atomic E-state index is 4.07. The summed E-state index contributed by atoms with van der Waals surface area (Å²) >= 11 is 0. The molecular weight excluding hydrogens is 212 g/mol. The maximum Gasteiger partial charge on any atom is 0.0479 e. The Morgan fingerprint density at radius 3 is 2.59 bits per heavy atom. The SMILES string of the molecule is c1cc(C2CC(C3CCNCC3)NN2)ccn1. The highest BCUT2D eigenvalue weighted by Gasteiger charge is 2.31. The molecule has 2 atom stereocenters. The fourth-order valence-electron chi connectivity index (χ4n) is 2.95. The molecule has 3 heterocycles. The van der Waals surface area contributed by atoms with E-state index in [-0.39, 0.29) is 0 Å². The molecule has 1 aromatic rings. The van der Waals surface area contributed by atoms with Crippen molar-refractivity contribution in [1.29, 1.82) is 0 Å². The van der Waals surface area contributed by atoms with Crippen LogP contribution in [0, 0.1) is 5.92 Å². The van der Waals surface area contributed by atoms with Crippen molar-refractivity contribution >= 4 is 0 Å². The van der Waals surface area contributed by atoms with Crippen LogP contribution in [0.4, 0.5) is 0 Å². The first kappa shape index (κ1) is 11.1. The molecule has 17 heavy (non-hydrogen) atoms. The molecule has 2 saturated heterocycles. The Hall–Kier alpha value is -0.970. The Bertz CT molecular complexity index is 348. The van der Waals surface area contributed by atoms with Gasteiger partial charge in [-0.25, -0.2) is 0 Å². The number of aromatic nitrogens is 1. The monoisotopic (exact) mass is 232 g/mol. The van der Waals surface area contributed by atoms with Gasteiger partial charge in [0, 0.05) is 24.5 Å². The minimum Gasteiger partial charge on any atom is -0.317 e. The summed E-state index contributed by atoms with van der Waals surface area (Å²) in [5.74, 6) is 0.815. The average Bonchev–Trinajstić information content (AvgIpc) is 2.90. The van der Waals surface area contributed by atoms with E-state index in [0.29, 0.717) is 12.1 Å². The molecule has 4 heteroatoms. The second-order valence-electron chi connectivity index (χ2n) is 5.05. The van der Waals surface area contributed by atoms with Crippen LogP contribution in [0.1, 0.15) is 30.9 Å². The van der Waals surface area contributed by atoms with Gasteiger partial charge in [0.2, 0.25) is 0 Å². The number of rotatable bonds is 2. The molecule has 0 aliphatic carbocycles. The minimum absolute atomic E-state index is 0.442. The first-order valence-corrected chi connectivity index (χ1v) is 6.55. The van der Waals surface area contributed by atoms with Crippen LogP contribution >= 0.6 is 0 Å². The molecule has 0 radical (unpaired) electrons. The largest absolute Gasteiger partial charge is 0.317 e. The van der Waals surface area contributed by atoms with Gasteiger partial charge < -0.3 is 5.32 Å². The molecule has 2 aliphatic rings. The summed E-state index contributed by atoms with van der Waals surface area (Å²) in [4.78, 5) is 4.07. The topological polar surface area (TPSA) is 49.0 Å². The Balaban J connectivity index is 1.61. The van der Waals surface area contributed by atoms with Crippen LogP contribution in [0.15, 0.2) is 24.5 Å². The summed E-state index contributed by atoms with van der Waals surface area (Å²) in [5, 5.41) is 3.42. The molecule has 92 valence electrons. The standard InChI is InChI=1S/C13H20N4/c1-5-14-6-2-10(1)12-9-13(17-16-12)11-3-7-15-8-4-11/h1-2,5-6,11-13,15-17H,3-4,7-9H2. The number of pyridine rings is 1. The van der Waals surface area contributed by atoms with Crippen LogP contribution in [-0.4, -0.2) is 24.1 Å². The van der Waals surface area contributed by atoms with Crippen molar-refractivity contribution in [3.05, 3.63) is 30.1 Å². The number of nitrogens with zero attached hydrogens (tertiary/aromatic N) is 1. The fraction of sp³-hybridized carbons (Fsp3) is 0.615. The number of hydrogen-bond acceptors (Lipinski definition) is 4. The average molecular weight is 232 g/mol. The molecular formula is C13H20N4. The van der Waals surface area contributed by atoms with E-state index in [1.165, 1.54) is 37.9 Å². The van der Waals surface area contributed by atoms with E-state index in [1.54, 1.807) is 0 Å². The number of piperidine rings is 1. The highest BCUT2D eigenvalue weighted by Crippen LogP contribution is 2.28. The molecule has 0 amide bonds. The summed E-state index contributed by atoms with van der Waals surface area (Å²) in [6.07, 6.45) is 7.52. The Labute approximate surface area is 102 Å². The van der Waals surface area contributed by atoms with Gasteiger partial charge in [-0.05, 0) is 56.0 Å². The predicted molar refractivity (Wildman–Crippen MR) is 67.2 cm³/mol. The van der Waals surface area contributed by atoms with Gasteiger partial charge in [-0.15, -0.1) is 0 Å². The predicted octanol–water partition coefficient (Wildman–Crippen LogP) is 0.989. The molecule has 2 fully saturated rings. The smallest absolute Gasteiger partial charge is 0.0479 e. The van der Waals surface area contributed by atoms with Crippen molar-refractivity contribution in [3.8, 4) is 0 Å². The van der Waals surface area contributed by atoms with Crippen LogP contribution < -0.4 is 16.2 Å². The van der Waals surface area contributed by atoms with Gasteiger partial charge in [0.05, 0.1) is 0 Å². The third-order valence-electron chi connectivity index (χ3n) is 3.99. The van der Waals surface area contributed by atoms with Crippen LogP contribution in [0.2, 0.25) is 0 Å². The van der Waals surface area contributed by atoms with Gasteiger partial charge in [-0.2, -0.15) is 0 Å². The molecule has 2 unspecified atom stereocenters. The molecule has 3 rings (SSSR count). The van der Waals surface area contributed by atoms with Crippen LogP contribution in [0.5, 0.6) is 0 Å². The van der Waals surface area contributed by atoms with Crippen LogP contribution in [-0.2, 0) is 0 Å². The molecule has 0 bridgehead atoms. The van der Waals surface area contributed by atoms with E-state index in [1.807, 2.05) is 12.4 Å². The summed E-state index contributed by atoms with van der Waals surface area (Å²) < 4.78 is 0. The van der Waals surface area contributed by atoms with E-state index in [2.05, 4.69) is 33.3 Å². The van der Waals surface area contributed by atoms with Gasteiger partial charge in [0.25, 0.3) is 0 Å². The summed E-state index contributed by atoms with van der Waals surface area (Å²) in [6, 6.07) is 5.27. The Morgan fingerprint density at radius 1 is 1.06 bits per heavy atom. The second kappa shape index (κ2) is 5.12. The highest BCUT2D eigenvalue weighted by molar-refractivity contribution is 5.16.